The molecule has 2 N–H and O–H groups in total. The Kier molecular flexibility index (Phi) is 9.78. The number of guanidine groups is 1. The molecule has 0 aromatic heterocycles. The molecule has 2 aliphatic heterocycles. The summed E-state index contributed by atoms with van der Waals surface area (Å²) in [4.78, 5) is 6.85. The van der Waals surface area contributed by atoms with Gasteiger partial charge in [0.15, 0.2) is 5.96 Å². The predicted molar refractivity (Wildman–Crippen MR) is 127 cm³/mol. The average Bonchev–Trinajstić information content (AvgIpc) is 3.08. The monoisotopic (exact) mass is 518 g/mol. The molecule has 0 radical (unpaired) electrons. The molecular formula is C21H35IN4O3. The minimum atomic E-state index is 0. The molecule has 1 aromatic rings. The van der Waals surface area contributed by atoms with E-state index in [2.05, 4.69) is 39.6 Å². The number of benzene rings is 1. The van der Waals surface area contributed by atoms with Crippen molar-refractivity contribution in [3.8, 4) is 11.5 Å². The standard InChI is InChI=1S/C21H34N4O3.HI/c1-15-11-16-12-19(27-4)17(13-20(16)28-15)14-23-21(22-2)24-18-5-7-25(8-6-18)9-10-26-3;/h12-13,15,18H,5-11,14H2,1-4H3,(H2,22,23,24);1H. The van der Waals surface area contributed by atoms with Crippen LogP contribution in [0.1, 0.15) is 30.9 Å². The van der Waals surface area contributed by atoms with E-state index in [0.717, 1.165) is 68.5 Å². The lowest BCUT2D eigenvalue weighted by atomic mass is 10.1. The van der Waals surface area contributed by atoms with Crippen LogP contribution in [0.4, 0.5) is 0 Å². The van der Waals surface area contributed by atoms with E-state index < -0.39 is 0 Å². The Morgan fingerprint density at radius 3 is 2.69 bits per heavy atom. The van der Waals surface area contributed by atoms with E-state index in [1.807, 2.05) is 7.05 Å². The van der Waals surface area contributed by atoms with E-state index in [0.29, 0.717) is 12.6 Å². The van der Waals surface area contributed by atoms with Gasteiger partial charge in [-0.2, -0.15) is 0 Å². The van der Waals surface area contributed by atoms with Crippen molar-refractivity contribution in [2.45, 2.75) is 44.9 Å². The normalized spacial score (nSPS) is 19.9. The number of hydrogen-bond acceptors (Lipinski definition) is 5. The summed E-state index contributed by atoms with van der Waals surface area (Å²) >= 11 is 0. The maximum Gasteiger partial charge on any atom is 0.191 e. The number of piperidine rings is 1. The van der Waals surface area contributed by atoms with E-state index in [1.165, 1.54) is 5.56 Å². The van der Waals surface area contributed by atoms with Crippen molar-refractivity contribution in [2.24, 2.45) is 4.99 Å². The first-order valence-corrected chi connectivity index (χ1v) is 10.2. The quantitative estimate of drug-likeness (QED) is 0.329. The van der Waals surface area contributed by atoms with Gasteiger partial charge in [0, 0.05) is 63.9 Å². The van der Waals surface area contributed by atoms with Crippen LogP contribution in [0.2, 0.25) is 0 Å². The highest BCUT2D eigenvalue weighted by atomic mass is 127. The molecule has 7 nitrogen and oxygen atoms in total. The molecule has 0 bridgehead atoms. The van der Waals surface area contributed by atoms with Gasteiger partial charge in [0.2, 0.25) is 0 Å². The van der Waals surface area contributed by atoms with Crippen molar-refractivity contribution >= 4 is 29.9 Å². The van der Waals surface area contributed by atoms with E-state index in [9.17, 15) is 0 Å². The first-order valence-electron chi connectivity index (χ1n) is 10.2. The number of halogens is 1. The van der Waals surface area contributed by atoms with Gasteiger partial charge in [0.25, 0.3) is 0 Å². The van der Waals surface area contributed by atoms with Crippen molar-refractivity contribution in [1.82, 2.24) is 15.5 Å². The Hall–Kier alpha value is -1.26. The SMILES string of the molecule is CN=C(NCc1cc2c(cc1OC)CC(C)O2)NC1CCN(CCOC)CC1.I. The Bertz CT molecular complexity index is 678. The van der Waals surface area contributed by atoms with E-state index in [4.69, 9.17) is 14.2 Å². The number of ether oxygens (including phenoxy) is 3. The number of methoxy groups -OCH3 is 2. The van der Waals surface area contributed by atoms with E-state index in [1.54, 1.807) is 14.2 Å². The topological polar surface area (TPSA) is 67.4 Å². The van der Waals surface area contributed by atoms with Crippen molar-refractivity contribution < 1.29 is 14.2 Å². The third-order valence-electron chi connectivity index (χ3n) is 5.51. The van der Waals surface area contributed by atoms with Gasteiger partial charge in [-0.3, -0.25) is 4.99 Å². The second-order valence-electron chi connectivity index (χ2n) is 7.58. The molecule has 0 saturated carbocycles. The largest absolute Gasteiger partial charge is 0.496 e. The average molecular weight is 518 g/mol. The van der Waals surface area contributed by atoms with E-state index in [-0.39, 0.29) is 30.1 Å². The van der Waals surface area contributed by atoms with Crippen LogP contribution in [0.15, 0.2) is 17.1 Å². The van der Waals surface area contributed by atoms with Gasteiger partial charge in [-0.25, -0.2) is 0 Å². The fourth-order valence-electron chi connectivity index (χ4n) is 3.90. The minimum absolute atomic E-state index is 0. The first-order chi connectivity index (χ1) is 13.6. The molecule has 1 fully saturated rings. The van der Waals surface area contributed by atoms with Gasteiger partial charge in [-0.05, 0) is 31.9 Å². The lowest BCUT2D eigenvalue weighted by molar-refractivity contribution is 0.128. The molecule has 2 heterocycles. The number of likely N-dealkylation sites (tertiary alicyclic amines) is 1. The van der Waals surface area contributed by atoms with Crippen molar-refractivity contribution in [3.63, 3.8) is 0 Å². The van der Waals surface area contributed by atoms with Crippen LogP contribution < -0.4 is 20.1 Å². The summed E-state index contributed by atoms with van der Waals surface area (Å²) in [6, 6.07) is 4.63. The molecule has 1 aromatic carbocycles. The molecule has 0 amide bonds. The summed E-state index contributed by atoms with van der Waals surface area (Å²) in [5.74, 6) is 2.69. The van der Waals surface area contributed by atoms with Crippen LogP contribution in [0.5, 0.6) is 11.5 Å². The number of hydrogen-bond donors (Lipinski definition) is 2. The maximum absolute atomic E-state index is 5.90. The zero-order valence-electron chi connectivity index (χ0n) is 18.0. The fourth-order valence-corrected chi connectivity index (χ4v) is 3.90. The second kappa shape index (κ2) is 11.8. The third kappa shape index (κ3) is 6.62. The highest BCUT2D eigenvalue weighted by molar-refractivity contribution is 14.0. The molecule has 3 rings (SSSR count). The van der Waals surface area contributed by atoms with Crippen molar-refractivity contribution in [1.29, 1.82) is 0 Å². The van der Waals surface area contributed by atoms with Crippen LogP contribution in [-0.2, 0) is 17.7 Å². The van der Waals surface area contributed by atoms with E-state index >= 15 is 0 Å². The summed E-state index contributed by atoms with van der Waals surface area (Å²) in [6.07, 6.45) is 3.38. The summed E-state index contributed by atoms with van der Waals surface area (Å²) in [5, 5.41) is 6.98. The molecule has 2 aliphatic rings. The number of rotatable bonds is 7. The zero-order chi connectivity index (χ0) is 19.9. The number of nitrogens with one attached hydrogen (secondary N) is 2. The van der Waals surface area contributed by atoms with Gasteiger partial charge in [0.1, 0.15) is 17.6 Å². The predicted octanol–water partition coefficient (Wildman–Crippen LogP) is 2.41. The highest BCUT2D eigenvalue weighted by Gasteiger charge is 2.22. The second-order valence-corrected chi connectivity index (χ2v) is 7.58. The molecule has 1 saturated heterocycles. The Morgan fingerprint density at radius 2 is 2.03 bits per heavy atom. The van der Waals surface area contributed by atoms with Crippen LogP contribution in [-0.4, -0.2) is 70.5 Å². The summed E-state index contributed by atoms with van der Waals surface area (Å²) in [7, 11) is 5.29. The lowest BCUT2D eigenvalue weighted by Gasteiger charge is -2.32. The molecule has 8 heteroatoms. The molecule has 29 heavy (non-hydrogen) atoms. The van der Waals surface area contributed by atoms with Crippen LogP contribution in [0, 0.1) is 0 Å². The number of aliphatic imine (C=N–C) groups is 1. The maximum atomic E-state index is 5.90. The summed E-state index contributed by atoms with van der Waals surface area (Å²) < 4.78 is 16.7. The number of fused-ring (bicyclic) bond motifs is 1. The smallest absolute Gasteiger partial charge is 0.191 e. The van der Waals surface area contributed by atoms with Crippen molar-refractivity contribution in [2.75, 3.05) is 47.5 Å². The highest BCUT2D eigenvalue weighted by Crippen LogP contribution is 2.34. The fraction of sp³-hybridized carbons (Fsp3) is 0.667. The molecule has 1 unspecified atom stereocenters. The number of nitrogens with zero attached hydrogens (tertiary/aromatic N) is 2. The Labute approximate surface area is 191 Å². The van der Waals surface area contributed by atoms with Crippen molar-refractivity contribution in [3.05, 3.63) is 23.3 Å². The molecule has 164 valence electrons. The lowest BCUT2D eigenvalue weighted by Crippen LogP contribution is -2.48. The molecule has 0 spiro atoms. The van der Waals surface area contributed by atoms with Crippen LogP contribution in [0.3, 0.4) is 0 Å². The van der Waals surface area contributed by atoms with Crippen LogP contribution in [0.25, 0.3) is 0 Å². The zero-order valence-corrected chi connectivity index (χ0v) is 20.3. The summed E-state index contributed by atoms with van der Waals surface area (Å²) in [6.45, 7) is 6.72. The first kappa shape index (κ1) is 24.0. The van der Waals surface area contributed by atoms with Gasteiger partial charge in [-0.1, -0.05) is 0 Å². The Balaban J connectivity index is 0.00000300. The van der Waals surface area contributed by atoms with Gasteiger partial charge in [-0.15, -0.1) is 24.0 Å². The van der Waals surface area contributed by atoms with Gasteiger partial charge >= 0.3 is 0 Å². The third-order valence-corrected chi connectivity index (χ3v) is 5.51. The van der Waals surface area contributed by atoms with Gasteiger partial charge in [0.05, 0.1) is 13.7 Å². The minimum Gasteiger partial charge on any atom is -0.496 e. The molecular weight excluding hydrogens is 483 g/mol. The Morgan fingerprint density at radius 1 is 1.28 bits per heavy atom. The molecule has 1 atom stereocenters. The molecule has 0 aliphatic carbocycles. The van der Waals surface area contributed by atoms with Crippen LogP contribution >= 0.6 is 24.0 Å². The van der Waals surface area contributed by atoms with Gasteiger partial charge < -0.3 is 29.7 Å². The summed E-state index contributed by atoms with van der Waals surface area (Å²) in [5.41, 5.74) is 2.29.